The van der Waals surface area contributed by atoms with Crippen LogP contribution in [0.15, 0.2) is 54.7 Å². The number of nitrogens with one attached hydrogen (secondary N) is 2. The number of hydrogen-bond donors (Lipinski definition) is 2. The van der Waals surface area contributed by atoms with Crippen molar-refractivity contribution in [2.45, 2.75) is 32.6 Å². The van der Waals surface area contributed by atoms with E-state index in [1.807, 2.05) is 42.6 Å². The Morgan fingerprint density at radius 2 is 1.87 bits per heavy atom. The lowest BCUT2D eigenvalue weighted by molar-refractivity contribution is -0.115. The minimum absolute atomic E-state index is 0.00560. The molecule has 0 fully saturated rings. The average Bonchev–Trinajstić information content (AvgIpc) is 2.98. The molecule has 0 aliphatic heterocycles. The molecule has 0 aliphatic rings. The largest absolute Gasteiger partial charge is 0.361 e. The zero-order valence-electron chi connectivity index (χ0n) is 13.6. The van der Waals surface area contributed by atoms with Crippen molar-refractivity contribution in [3.63, 3.8) is 0 Å². The molecule has 1 aromatic heterocycles. The van der Waals surface area contributed by atoms with E-state index in [4.69, 9.17) is 0 Å². The third-order valence-electron chi connectivity index (χ3n) is 4.40. The summed E-state index contributed by atoms with van der Waals surface area (Å²) in [6, 6.07) is 16.2. The van der Waals surface area contributed by atoms with Crippen LogP contribution in [-0.4, -0.2) is 10.9 Å². The number of amides is 1. The smallest absolute Gasteiger partial charge is 0.228 e. The molecule has 2 aromatic carbocycles. The monoisotopic (exact) mass is 306 g/mol. The fourth-order valence-corrected chi connectivity index (χ4v) is 2.79. The molecule has 0 aliphatic carbocycles. The molecular formula is C20H22N2O. The Labute approximate surface area is 136 Å². The number of fused-ring (bicyclic) bond motifs is 1. The molecule has 2 N–H and O–H groups in total. The number of carbonyl (C=O) groups excluding carboxylic acids is 1. The third-order valence-corrected chi connectivity index (χ3v) is 4.40. The van der Waals surface area contributed by atoms with Crippen LogP contribution in [0.5, 0.6) is 0 Å². The number of para-hydroxylation sites is 1. The van der Waals surface area contributed by atoms with E-state index in [0.717, 1.165) is 28.6 Å². The van der Waals surface area contributed by atoms with E-state index < -0.39 is 0 Å². The van der Waals surface area contributed by atoms with Gasteiger partial charge < -0.3 is 10.3 Å². The van der Waals surface area contributed by atoms with Crippen molar-refractivity contribution in [3.8, 4) is 0 Å². The first-order valence-corrected chi connectivity index (χ1v) is 8.12. The second kappa shape index (κ2) is 6.69. The highest BCUT2D eigenvalue weighted by molar-refractivity contribution is 5.95. The van der Waals surface area contributed by atoms with Gasteiger partial charge in [0.15, 0.2) is 0 Å². The Balaban J connectivity index is 1.67. The summed E-state index contributed by atoms with van der Waals surface area (Å²) in [5.41, 5.74) is 4.24. The number of hydrogen-bond acceptors (Lipinski definition) is 1. The first-order chi connectivity index (χ1) is 11.2. The number of aromatic amines is 1. The quantitative estimate of drug-likeness (QED) is 0.694. The average molecular weight is 306 g/mol. The zero-order valence-corrected chi connectivity index (χ0v) is 13.6. The van der Waals surface area contributed by atoms with Crippen molar-refractivity contribution in [2.24, 2.45) is 0 Å². The molecular weight excluding hydrogens is 284 g/mol. The zero-order chi connectivity index (χ0) is 16.2. The van der Waals surface area contributed by atoms with Gasteiger partial charge in [-0.15, -0.1) is 0 Å². The molecule has 1 amide bonds. The number of carbonyl (C=O) groups is 1. The molecule has 0 radical (unpaired) electrons. The molecule has 3 nitrogen and oxygen atoms in total. The van der Waals surface area contributed by atoms with Gasteiger partial charge in [0.05, 0.1) is 6.42 Å². The van der Waals surface area contributed by atoms with Crippen LogP contribution in [0.1, 0.15) is 37.3 Å². The van der Waals surface area contributed by atoms with Gasteiger partial charge in [0.25, 0.3) is 0 Å². The van der Waals surface area contributed by atoms with Crippen molar-refractivity contribution >= 4 is 22.5 Å². The molecule has 0 saturated heterocycles. The van der Waals surface area contributed by atoms with Crippen LogP contribution in [-0.2, 0) is 11.2 Å². The lowest BCUT2D eigenvalue weighted by Crippen LogP contribution is -2.14. The third kappa shape index (κ3) is 3.45. The summed E-state index contributed by atoms with van der Waals surface area (Å²) in [5.74, 6) is 0.553. The second-order valence-electron chi connectivity index (χ2n) is 6.02. The normalized spacial score (nSPS) is 12.3. The molecule has 118 valence electrons. The van der Waals surface area contributed by atoms with Gasteiger partial charge in [-0.05, 0) is 41.7 Å². The van der Waals surface area contributed by atoms with E-state index in [2.05, 4.69) is 36.3 Å². The van der Waals surface area contributed by atoms with Crippen LogP contribution in [0.2, 0.25) is 0 Å². The summed E-state index contributed by atoms with van der Waals surface area (Å²) in [6.07, 6.45) is 3.40. The number of H-pyrrole nitrogens is 1. The predicted molar refractivity (Wildman–Crippen MR) is 95.8 cm³/mol. The Kier molecular flexibility index (Phi) is 4.47. The minimum Gasteiger partial charge on any atom is -0.361 e. The van der Waals surface area contributed by atoms with Crippen LogP contribution < -0.4 is 5.32 Å². The fourth-order valence-electron chi connectivity index (χ4n) is 2.79. The first kappa shape index (κ1) is 15.3. The highest BCUT2D eigenvalue weighted by atomic mass is 16.1. The summed E-state index contributed by atoms with van der Waals surface area (Å²) in [5, 5.41) is 4.08. The van der Waals surface area contributed by atoms with Crippen molar-refractivity contribution < 1.29 is 4.79 Å². The second-order valence-corrected chi connectivity index (χ2v) is 6.02. The van der Waals surface area contributed by atoms with Crippen LogP contribution in [0, 0.1) is 0 Å². The van der Waals surface area contributed by atoms with Crippen LogP contribution in [0.4, 0.5) is 5.69 Å². The molecule has 0 saturated carbocycles. The lowest BCUT2D eigenvalue weighted by Gasteiger charge is -2.10. The van der Waals surface area contributed by atoms with E-state index in [-0.39, 0.29) is 5.91 Å². The van der Waals surface area contributed by atoms with E-state index in [1.165, 1.54) is 5.56 Å². The molecule has 0 spiro atoms. The molecule has 3 rings (SSSR count). The molecule has 1 atom stereocenters. The maximum atomic E-state index is 12.3. The van der Waals surface area contributed by atoms with Gasteiger partial charge in [-0.1, -0.05) is 44.2 Å². The van der Waals surface area contributed by atoms with Crippen molar-refractivity contribution in [1.82, 2.24) is 4.98 Å². The van der Waals surface area contributed by atoms with E-state index >= 15 is 0 Å². The van der Waals surface area contributed by atoms with Gasteiger partial charge in [-0.25, -0.2) is 0 Å². The number of rotatable bonds is 5. The Bertz CT molecular complexity index is 802. The summed E-state index contributed by atoms with van der Waals surface area (Å²) >= 11 is 0. The summed E-state index contributed by atoms with van der Waals surface area (Å²) in [7, 11) is 0. The standard InChI is InChI=1S/C20H22N2O/c1-3-14(2)15-8-10-17(11-9-15)22-20(23)12-16-13-21-19-7-5-4-6-18(16)19/h4-11,13-14,21H,3,12H2,1-2H3,(H,22,23). The van der Waals surface area contributed by atoms with Crippen LogP contribution >= 0.6 is 0 Å². The number of aromatic nitrogens is 1. The lowest BCUT2D eigenvalue weighted by atomic mass is 9.98. The molecule has 1 unspecified atom stereocenters. The topological polar surface area (TPSA) is 44.9 Å². The van der Waals surface area contributed by atoms with Gasteiger partial charge in [-0.3, -0.25) is 4.79 Å². The SMILES string of the molecule is CCC(C)c1ccc(NC(=O)Cc2c[nH]c3ccccc23)cc1. The molecule has 0 bridgehead atoms. The predicted octanol–water partition coefficient (Wildman–Crippen LogP) is 4.86. The van der Waals surface area contributed by atoms with Gasteiger partial charge >= 0.3 is 0 Å². The molecule has 23 heavy (non-hydrogen) atoms. The number of anilines is 1. The Morgan fingerprint density at radius 3 is 2.61 bits per heavy atom. The molecule has 3 aromatic rings. The summed E-state index contributed by atoms with van der Waals surface area (Å²) < 4.78 is 0. The molecule has 1 heterocycles. The highest BCUT2D eigenvalue weighted by Crippen LogP contribution is 2.21. The maximum absolute atomic E-state index is 12.3. The van der Waals surface area contributed by atoms with E-state index in [0.29, 0.717) is 12.3 Å². The van der Waals surface area contributed by atoms with Crippen LogP contribution in [0.25, 0.3) is 10.9 Å². The van der Waals surface area contributed by atoms with Crippen LogP contribution in [0.3, 0.4) is 0 Å². The molecule has 3 heteroatoms. The van der Waals surface area contributed by atoms with Crippen molar-refractivity contribution in [2.75, 3.05) is 5.32 Å². The number of benzene rings is 2. The highest BCUT2D eigenvalue weighted by Gasteiger charge is 2.09. The van der Waals surface area contributed by atoms with E-state index in [9.17, 15) is 4.79 Å². The maximum Gasteiger partial charge on any atom is 0.228 e. The van der Waals surface area contributed by atoms with Crippen molar-refractivity contribution in [3.05, 3.63) is 65.9 Å². The van der Waals surface area contributed by atoms with Gasteiger partial charge in [0.1, 0.15) is 0 Å². The van der Waals surface area contributed by atoms with Crippen molar-refractivity contribution in [1.29, 1.82) is 0 Å². The van der Waals surface area contributed by atoms with Gasteiger partial charge in [0, 0.05) is 22.8 Å². The Morgan fingerprint density at radius 1 is 1.13 bits per heavy atom. The minimum atomic E-state index is 0.00560. The van der Waals surface area contributed by atoms with Gasteiger partial charge in [0.2, 0.25) is 5.91 Å². The van der Waals surface area contributed by atoms with E-state index in [1.54, 1.807) is 0 Å². The fraction of sp³-hybridized carbons (Fsp3) is 0.250. The Hall–Kier alpha value is -2.55. The summed E-state index contributed by atoms with van der Waals surface area (Å²) in [4.78, 5) is 15.5. The first-order valence-electron chi connectivity index (χ1n) is 8.12. The summed E-state index contributed by atoms with van der Waals surface area (Å²) in [6.45, 7) is 4.39. The van der Waals surface area contributed by atoms with Gasteiger partial charge in [-0.2, -0.15) is 0 Å².